The minimum absolute atomic E-state index is 0.0389. The molecule has 6 heteroatoms. The molecule has 2 fully saturated rings. The van der Waals surface area contributed by atoms with Crippen molar-refractivity contribution in [2.45, 2.75) is 6.42 Å². The number of anilines is 1. The average Bonchev–Trinajstić information content (AvgIpc) is 3.36. The van der Waals surface area contributed by atoms with E-state index in [9.17, 15) is 9.59 Å². The van der Waals surface area contributed by atoms with Gasteiger partial charge in [-0.15, -0.1) is 0 Å². The van der Waals surface area contributed by atoms with Gasteiger partial charge in [0.1, 0.15) is 6.07 Å². The second-order valence-electron chi connectivity index (χ2n) is 5.53. The topological polar surface area (TPSA) is 82.4 Å². The van der Waals surface area contributed by atoms with Crippen LogP contribution in [-0.2, 0) is 14.3 Å². The molecule has 6 nitrogen and oxygen atoms in total. The third-order valence-electron chi connectivity index (χ3n) is 4.07. The fourth-order valence-electron chi connectivity index (χ4n) is 2.69. The lowest BCUT2D eigenvalue weighted by atomic mass is 10.2. The van der Waals surface area contributed by atoms with Crippen molar-refractivity contribution in [3.8, 4) is 6.07 Å². The monoisotopic (exact) mass is 299 g/mol. The number of carbonyl (C=O) groups is 2. The van der Waals surface area contributed by atoms with E-state index in [0.29, 0.717) is 44.0 Å². The Morgan fingerprint density at radius 1 is 1.23 bits per heavy atom. The van der Waals surface area contributed by atoms with Crippen LogP contribution in [-0.4, -0.2) is 43.0 Å². The summed E-state index contributed by atoms with van der Waals surface area (Å²) >= 11 is 0. The smallest absolute Gasteiger partial charge is 0.228 e. The highest BCUT2D eigenvalue weighted by Gasteiger charge is 2.49. The van der Waals surface area contributed by atoms with Gasteiger partial charge in [-0.25, -0.2) is 0 Å². The van der Waals surface area contributed by atoms with E-state index in [1.807, 2.05) is 6.07 Å². The van der Waals surface area contributed by atoms with Crippen molar-refractivity contribution in [3.05, 3.63) is 29.8 Å². The predicted octanol–water partition coefficient (Wildman–Crippen LogP) is 0.992. The molecule has 1 aromatic rings. The number of ether oxygens (including phenoxy) is 1. The van der Waals surface area contributed by atoms with Crippen molar-refractivity contribution in [3.63, 3.8) is 0 Å². The van der Waals surface area contributed by atoms with Gasteiger partial charge in [-0.3, -0.25) is 9.59 Å². The van der Waals surface area contributed by atoms with E-state index in [0.717, 1.165) is 0 Å². The van der Waals surface area contributed by atoms with Crippen LogP contribution in [0.4, 0.5) is 5.69 Å². The second-order valence-corrected chi connectivity index (χ2v) is 5.53. The van der Waals surface area contributed by atoms with Crippen LogP contribution < -0.4 is 5.32 Å². The molecule has 2 amide bonds. The van der Waals surface area contributed by atoms with E-state index in [2.05, 4.69) is 5.32 Å². The minimum atomic E-state index is -0.290. The zero-order valence-corrected chi connectivity index (χ0v) is 12.1. The molecule has 1 N–H and O–H groups in total. The second kappa shape index (κ2) is 6.16. The number of hydrogen-bond acceptors (Lipinski definition) is 4. The first-order valence-corrected chi connectivity index (χ1v) is 7.37. The summed E-state index contributed by atoms with van der Waals surface area (Å²) in [7, 11) is 0. The van der Waals surface area contributed by atoms with E-state index < -0.39 is 0 Å². The lowest BCUT2D eigenvalue weighted by molar-refractivity contribution is -0.137. The molecule has 1 saturated heterocycles. The van der Waals surface area contributed by atoms with Gasteiger partial charge in [-0.2, -0.15) is 5.26 Å². The molecule has 2 aliphatic rings. The van der Waals surface area contributed by atoms with Crippen molar-refractivity contribution in [2.75, 3.05) is 31.6 Å². The maximum atomic E-state index is 12.3. The number of para-hydroxylation sites is 1. The Bertz CT molecular complexity index is 632. The molecule has 1 saturated carbocycles. The van der Waals surface area contributed by atoms with E-state index in [4.69, 9.17) is 10.00 Å². The number of morpholine rings is 1. The Morgan fingerprint density at radius 3 is 2.68 bits per heavy atom. The van der Waals surface area contributed by atoms with Crippen LogP contribution in [0.3, 0.4) is 0 Å². The summed E-state index contributed by atoms with van der Waals surface area (Å²) in [5.41, 5.74) is 0.923. The molecular weight excluding hydrogens is 282 g/mol. The first kappa shape index (κ1) is 14.5. The van der Waals surface area contributed by atoms with Crippen LogP contribution in [0.2, 0.25) is 0 Å². The molecule has 114 valence electrons. The lowest BCUT2D eigenvalue weighted by Crippen LogP contribution is -2.42. The van der Waals surface area contributed by atoms with Gasteiger partial charge in [0.25, 0.3) is 0 Å². The maximum Gasteiger partial charge on any atom is 0.228 e. The van der Waals surface area contributed by atoms with Gasteiger partial charge in [0.05, 0.1) is 36.3 Å². The fraction of sp³-hybridized carbons (Fsp3) is 0.438. The Hall–Kier alpha value is -2.39. The van der Waals surface area contributed by atoms with E-state index in [-0.39, 0.29) is 23.7 Å². The van der Waals surface area contributed by atoms with Crippen LogP contribution in [0.15, 0.2) is 24.3 Å². The van der Waals surface area contributed by atoms with Gasteiger partial charge in [0.2, 0.25) is 11.8 Å². The largest absolute Gasteiger partial charge is 0.378 e. The summed E-state index contributed by atoms with van der Waals surface area (Å²) in [5, 5.41) is 11.8. The number of benzene rings is 1. The number of nitrogens with one attached hydrogen (secondary N) is 1. The van der Waals surface area contributed by atoms with Gasteiger partial charge in [0.15, 0.2) is 0 Å². The highest BCUT2D eigenvalue weighted by molar-refractivity contribution is 6.00. The predicted molar refractivity (Wildman–Crippen MR) is 78.8 cm³/mol. The number of rotatable bonds is 3. The first-order chi connectivity index (χ1) is 10.7. The molecular formula is C16H17N3O3. The molecule has 0 radical (unpaired) electrons. The third kappa shape index (κ3) is 2.95. The molecule has 22 heavy (non-hydrogen) atoms. The summed E-state index contributed by atoms with van der Waals surface area (Å²) in [6.07, 6.45) is 0.580. The molecule has 1 heterocycles. The van der Waals surface area contributed by atoms with Gasteiger partial charge in [-0.05, 0) is 18.6 Å². The molecule has 2 unspecified atom stereocenters. The number of nitriles is 1. The molecule has 2 atom stereocenters. The Kier molecular flexibility index (Phi) is 4.07. The van der Waals surface area contributed by atoms with Crippen molar-refractivity contribution in [1.82, 2.24) is 4.90 Å². The highest BCUT2D eigenvalue weighted by atomic mass is 16.5. The lowest BCUT2D eigenvalue weighted by Gasteiger charge is -2.27. The Balaban J connectivity index is 1.58. The van der Waals surface area contributed by atoms with Gasteiger partial charge in [-0.1, -0.05) is 12.1 Å². The normalized spacial score (nSPS) is 23.5. The van der Waals surface area contributed by atoms with Crippen molar-refractivity contribution < 1.29 is 14.3 Å². The summed E-state index contributed by atoms with van der Waals surface area (Å²) in [6, 6.07) is 8.90. The maximum absolute atomic E-state index is 12.3. The van der Waals surface area contributed by atoms with Crippen molar-refractivity contribution in [2.24, 2.45) is 11.8 Å². The van der Waals surface area contributed by atoms with Crippen LogP contribution in [0.25, 0.3) is 0 Å². The Labute approximate surface area is 128 Å². The molecule has 0 spiro atoms. The number of hydrogen-bond donors (Lipinski definition) is 1. The fourth-order valence-corrected chi connectivity index (χ4v) is 2.69. The zero-order valence-electron chi connectivity index (χ0n) is 12.1. The van der Waals surface area contributed by atoms with Crippen LogP contribution in [0.5, 0.6) is 0 Å². The summed E-state index contributed by atoms with van der Waals surface area (Å²) in [6.45, 7) is 2.32. The van der Waals surface area contributed by atoms with Gasteiger partial charge >= 0.3 is 0 Å². The summed E-state index contributed by atoms with van der Waals surface area (Å²) < 4.78 is 5.23. The molecule has 1 aliphatic carbocycles. The molecule has 0 aromatic heterocycles. The van der Waals surface area contributed by atoms with Crippen LogP contribution in [0.1, 0.15) is 12.0 Å². The molecule has 0 bridgehead atoms. The van der Waals surface area contributed by atoms with Crippen LogP contribution in [0, 0.1) is 23.2 Å². The molecule has 3 rings (SSSR count). The first-order valence-electron chi connectivity index (χ1n) is 7.37. The quantitative estimate of drug-likeness (QED) is 0.902. The summed E-state index contributed by atoms with van der Waals surface area (Å²) in [5.74, 6) is -0.666. The molecule has 1 aromatic carbocycles. The number of nitrogens with zero attached hydrogens (tertiary/aromatic N) is 2. The van der Waals surface area contributed by atoms with Gasteiger partial charge in [0, 0.05) is 13.1 Å². The Morgan fingerprint density at radius 2 is 1.95 bits per heavy atom. The zero-order chi connectivity index (χ0) is 15.5. The third-order valence-corrected chi connectivity index (χ3v) is 4.07. The standard InChI is InChI=1S/C16H17N3O3/c17-10-11-3-1-2-4-14(11)18-15(20)12-9-13(12)16(21)19-5-7-22-8-6-19/h1-4,12-13H,5-9H2,(H,18,20). The SMILES string of the molecule is N#Cc1ccccc1NC(=O)C1CC1C(=O)N1CCOCC1. The molecule has 1 aliphatic heterocycles. The van der Waals surface area contributed by atoms with Crippen molar-refractivity contribution >= 4 is 17.5 Å². The average molecular weight is 299 g/mol. The van der Waals surface area contributed by atoms with E-state index in [1.54, 1.807) is 29.2 Å². The van der Waals surface area contributed by atoms with Crippen molar-refractivity contribution in [1.29, 1.82) is 5.26 Å². The number of amides is 2. The minimum Gasteiger partial charge on any atom is -0.378 e. The highest BCUT2D eigenvalue weighted by Crippen LogP contribution is 2.41. The number of carbonyl (C=O) groups excluding carboxylic acids is 2. The summed E-state index contributed by atoms with van der Waals surface area (Å²) in [4.78, 5) is 26.3. The van der Waals surface area contributed by atoms with Gasteiger partial charge < -0.3 is 15.0 Å². The van der Waals surface area contributed by atoms with Crippen LogP contribution >= 0.6 is 0 Å². The van der Waals surface area contributed by atoms with E-state index >= 15 is 0 Å². The van der Waals surface area contributed by atoms with E-state index in [1.165, 1.54) is 0 Å².